The number of benzene rings is 8. The van der Waals surface area contributed by atoms with Crippen LogP contribution >= 0.6 is 0 Å². The number of hydrogen-bond acceptors (Lipinski definition) is 4. The Labute approximate surface area is 360 Å². The summed E-state index contributed by atoms with van der Waals surface area (Å²) in [6.07, 6.45) is 1.85. The molecular weight excluding hydrogens is 757 g/mol. The summed E-state index contributed by atoms with van der Waals surface area (Å²) in [7, 11) is 2.09. The van der Waals surface area contributed by atoms with Crippen molar-refractivity contribution >= 4 is 39.1 Å². The zero-order valence-electron chi connectivity index (χ0n) is 34.1. The fourth-order valence-electron chi connectivity index (χ4n) is 8.61. The van der Waals surface area contributed by atoms with Crippen LogP contribution in [0.15, 0.2) is 229 Å². The minimum Gasteiger partial charge on any atom is -0.456 e. The lowest BCUT2D eigenvalue weighted by molar-refractivity contribution is 0.631. The largest absolute Gasteiger partial charge is 0.456 e. The Balaban J connectivity index is 1.10. The molecule has 0 unspecified atom stereocenters. The molecule has 0 bridgehead atoms. The van der Waals surface area contributed by atoms with Crippen molar-refractivity contribution in [1.82, 2.24) is 14.5 Å². The van der Waals surface area contributed by atoms with Gasteiger partial charge in [-0.2, -0.15) is 0 Å². The third-order valence-electron chi connectivity index (χ3n) is 11.7. The highest BCUT2D eigenvalue weighted by molar-refractivity contribution is 5.98. The Hall–Kier alpha value is -8.28. The molecular formula is C57H40N4O. The molecule has 0 aliphatic carbocycles. The molecule has 0 saturated carbocycles. The Morgan fingerprint density at radius 1 is 0.452 bits per heavy atom. The fourth-order valence-corrected chi connectivity index (χ4v) is 8.61. The first kappa shape index (κ1) is 36.8. The van der Waals surface area contributed by atoms with Crippen molar-refractivity contribution < 1.29 is 4.42 Å². The highest BCUT2D eigenvalue weighted by Crippen LogP contribution is 2.45. The molecule has 0 radical (unpaired) electrons. The molecule has 0 aliphatic rings. The predicted molar refractivity (Wildman–Crippen MR) is 256 cm³/mol. The molecule has 0 saturated heterocycles. The van der Waals surface area contributed by atoms with E-state index >= 15 is 0 Å². The summed E-state index contributed by atoms with van der Waals surface area (Å²) in [5.74, 6) is 1.70. The van der Waals surface area contributed by atoms with Gasteiger partial charge in [0.05, 0.1) is 22.4 Å². The summed E-state index contributed by atoms with van der Waals surface area (Å²) in [6, 6.07) is 76.7. The lowest BCUT2D eigenvalue weighted by Gasteiger charge is -2.29. The van der Waals surface area contributed by atoms with Crippen molar-refractivity contribution in [3.63, 3.8) is 0 Å². The SMILES string of the molecule is Cn1c(-c2cccc(N(c3cc(-c4ccccc4)cc(-c4nccc5oc(-c6ccc(-c7ccccc7)cc6)cc45)c3)c3ccccc3-c3ccccc3)c2)nc2ccccc21. The summed E-state index contributed by atoms with van der Waals surface area (Å²) < 4.78 is 8.76. The van der Waals surface area contributed by atoms with Gasteiger partial charge >= 0.3 is 0 Å². The molecule has 0 atom stereocenters. The van der Waals surface area contributed by atoms with Crippen molar-refractivity contribution in [2.45, 2.75) is 0 Å². The number of nitrogens with zero attached hydrogens (tertiary/aromatic N) is 4. The first-order valence-corrected chi connectivity index (χ1v) is 20.9. The van der Waals surface area contributed by atoms with Crippen molar-refractivity contribution in [1.29, 1.82) is 0 Å². The number of anilines is 3. The molecule has 0 amide bonds. The molecule has 8 aromatic carbocycles. The molecule has 62 heavy (non-hydrogen) atoms. The van der Waals surface area contributed by atoms with Gasteiger partial charge in [-0.25, -0.2) is 4.98 Å². The first-order chi connectivity index (χ1) is 30.6. The molecule has 0 aliphatic heterocycles. The molecule has 3 heterocycles. The number of furan rings is 1. The monoisotopic (exact) mass is 796 g/mol. The molecule has 0 fully saturated rings. The van der Waals surface area contributed by atoms with Gasteiger partial charge in [0.15, 0.2) is 0 Å². The van der Waals surface area contributed by atoms with Crippen LogP contribution in [-0.4, -0.2) is 14.5 Å². The lowest BCUT2D eigenvalue weighted by Crippen LogP contribution is -2.12. The van der Waals surface area contributed by atoms with Crippen molar-refractivity contribution in [2.24, 2.45) is 7.05 Å². The van der Waals surface area contributed by atoms with E-state index in [0.29, 0.717) is 0 Å². The van der Waals surface area contributed by atoms with Crippen molar-refractivity contribution in [3.8, 4) is 67.3 Å². The van der Waals surface area contributed by atoms with Gasteiger partial charge in [-0.3, -0.25) is 4.98 Å². The highest BCUT2D eigenvalue weighted by atomic mass is 16.3. The van der Waals surface area contributed by atoms with E-state index < -0.39 is 0 Å². The van der Waals surface area contributed by atoms with E-state index in [-0.39, 0.29) is 0 Å². The third-order valence-corrected chi connectivity index (χ3v) is 11.7. The van der Waals surface area contributed by atoms with Gasteiger partial charge in [-0.15, -0.1) is 0 Å². The van der Waals surface area contributed by atoms with Crippen LogP contribution in [0.5, 0.6) is 0 Å². The molecule has 5 heteroatoms. The standard InChI is InChI=1S/C57H40N4O/c1-60-53-27-14-12-25-51(53)59-57(60)44-22-15-23-47(35-44)61(52-26-13-11-24-49(52)42-20-9-4-10-21-42)48-36-45(40-18-7-3-8-19-40)34-46(37-48)56-50-38-55(62-54(50)32-33-58-56)43-30-28-41(29-31-43)39-16-5-2-6-17-39/h2-38H,1H3. The highest BCUT2D eigenvalue weighted by Gasteiger charge is 2.22. The summed E-state index contributed by atoms with van der Waals surface area (Å²) >= 11 is 0. The van der Waals surface area contributed by atoms with Crippen molar-refractivity contribution in [3.05, 3.63) is 225 Å². The second-order valence-corrected chi connectivity index (χ2v) is 15.5. The van der Waals surface area contributed by atoms with Gasteiger partial charge < -0.3 is 13.9 Å². The lowest BCUT2D eigenvalue weighted by atomic mass is 9.97. The average molecular weight is 797 g/mol. The Morgan fingerprint density at radius 2 is 1.05 bits per heavy atom. The fraction of sp³-hybridized carbons (Fsp3) is 0.0175. The molecule has 11 aromatic rings. The normalized spacial score (nSPS) is 11.3. The molecule has 294 valence electrons. The van der Waals surface area contributed by atoms with Gasteiger partial charge in [-0.05, 0) is 88.5 Å². The maximum atomic E-state index is 6.59. The molecule has 0 N–H and O–H groups in total. The van der Waals surface area contributed by atoms with Gasteiger partial charge in [0, 0.05) is 52.3 Å². The van der Waals surface area contributed by atoms with E-state index in [4.69, 9.17) is 14.4 Å². The summed E-state index contributed by atoms with van der Waals surface area (Å²) in [6.45, 7) is 0. The van der Waals surface area contributed by atoms with Gasteiger partial charge in [0.2, 0.25) is 0 Å². The summed E-state index contributed by atoms with van der Waals surface area (Å²) in [5.41, 5.74) is 16.5. The Bertz CT molecular complexity index is 3350. The number of pyridine rings is 1. The van der Waals surface area contributed by atoms with Crippen LogP contribution < -0.4 is 4.90 Å². The number of hydrogen-bond donors (Lipinski definition) is 0. The van der Waals surface area contributed by atoms with Gasteiger partial charge in [0.1, 0.15) is 17.2 Å². The number of rotatable bonds is 9. The number of imidazole rings is 1. The Morgan fingerprint density at radius 3 is 1.81 bits per heavy atom. The maximum Gasteiger partial charge on any atom is 0.140 e. The van der Waals surface area contributed by atoms with E-state index in [0.717, 1.165) is 101 Å². The topological polar surface area (TPSA) is 47.1 Å². The molecule has 11 rings (SSSR count). The van der Waals surface area contributed by atoms with E-state index in [1.54, 1.807) is 0 Å². The van der Waals surface area contributed by atoms with E-state index in [2.05, 4.69) is 217 Å². The van der Waals surface area contributed by atoms with E-state index in [1.165, 1.54) is 5.56 Å². The van der Waals surface area contributed by atoms with Crippen LogP contribution in [0.3, 0.4) is 0 Å². The predicted octanol–water partition coefficient (Wildman–Crippen LogP) is 15.2. The van der Waals surface area contributed by atoms with Crippen LogP contribution in [0.2, 0.25) is 0 Å². The number of aromatic nitrogens is 3. The number of aryl methyl sites for hydroxylation is 1. The number of para-hydroxylation sites is 3. The summed E-state index contributed by atoms with van der Waals surface area (Å²) in [4.78, 5) is 12.6. The van der Waals surface area contributed by atoms with E-state index in [9.17, 15) is 0 Å². The Kier molecular flexibility index (Phi) is 9.32. The second-order valence-electron chi connectivity index (χ2n) is 15.5. The zero-order valence-corrected chi connectivity index (χ0v) is 34.1. The molecule has 5 nitrogen and oxygen atoms in total. The van der Waals surface area contributed by atoms with Gasteiger partial charge in [-0.1, -0.05) is 158 Å². The van der Waals surface area contributed by atoms with Crippen LogP contribution in [0.4, 0.5) is 17.1 Å². The van der Waals surface area contributed by atoms with Crippen LogP contribution in [0, 0.1) is 0 Å². The summed E-state index contributed by atoms with van der Waals surface area (Å²) in [5, 5.41) is 0.950. The van der Waals surface area contributed by atoms with Crippen LogP contribution in [0.25, 0.3) is 89.4 Å². The van der Waals surface area contributed by atoms with Crippen LogP contribution in [0.1, 0.15) is 0 Å². The third kappa shape index (κ3) is 6.82. The molecule has 3 aromatic heterocycles. The van der Waals surface area contributed by atoms with Crippen molar-refractivity contribution in [2.75, 3.05) is 4.90 Å². The van der Waals surface area contributed by atoms with E-state index in [1.807, 2.05) is 24.4 Å². The quantitative estimate of drug-likeness (QED) is 0.146. The zero-order chi connectivity index (χ0) is 41.4. The maximum absolute atomic E-state index is 6.59. The second kappa shape index (κ2) is 15.7. The minimum absolute atomic E-state index is 0.783. The average Bonchev–Trinajstić information content (AvgIpc) is 3.94. The van der Waals surface area contributed by atoms with Crippen LogP contribution in [-0.2, 0) is 7.05 Å². The first-order valence-electron chi connectivity index (χ1n) is 20.9. The number of fused-ring (bicyclic) bond motifs is 2. The van der Waals surface area contributed by atoms with Gasteiger partial charge in [0.25, 0.3) is 0 Å². The smallest absolute Gasteiger partial charge is 0.140 e. The molecule has 0 spiro atoms. The minimum atomic E-state index is 0.783.